The van der Waals surface area contributed by atoms with E-state index in [1.54, 1.807) is 0 Å². The largest absolute Gasteiger partial charge is 0.491 e. The van der Waals surface area contributed by atoms with Gasteiger partial charge in [-0.05, 0) is 37.0 Å². The Morgan fingerprint density at radius 1 is 1.44 bits per heavy atom. The van der Waals surface area contributed by atoms with E-state index in [9.17, 15) is 0 Å². The van der Waals surface area contributed by atoms with E-state index in [0.29, 0.717) is 0 Å². The first-order chi connectivity index (χ1) is 8.77. The van der Waals surface area contributed by atoms with Crippen molar-refractivity contribution in [3.63, 3.8) is 0 Å². The Morgan fingerprint density at radius 3 is 3.00 bits per heavy atom. The minimum Gasteiger partial charge on any atom is -0.491 e. The van der Waals surface area contributed by atoms with Gasteiger partial charge in [0.05, 0.1) is 12.1 Å². The molecule has 0 aliphatic heterocycles. The predicted molar refractivity (Wildman–Crippen MR) is 81.3 cm³/mol. The van der Waals surface area contributed by atoms with Gasteiger partial charge in [0.25, 0.3) is 0 Å². The Bertz CT molecular complexity index is 574. The number of imidazole rings is 1. The van der Waals surface area contributed by atoms with Gasteiger partial charge >= 0.3 is 0 Å². The van der Waals surface area contributed by atoms with E-state index in [2.05, 4.69) is 28.8 Å². The molecule has 0 amide bonds. The van der Waals surface area contributed by atoms with E-state index in [4.69, 9.17) is 17.0 Å². The van der Waals surface area contributed by atoms with Crippen molar-refractivity contribution in [3.8, 4) is 5.75 Å². The molecule has 0 spiro atoms. The predicted octanol–water partition coefficient (Wildman–Crippen LogP) is 3.85. The third kappa shape index (κ3) is 2.72. The van der Waals surface area contributed by atoms with Gasteiger partial charge in [0.1, 0.15) is 11.3 Å². The highest BCUT2D eigenvalue weighted by molar-refractivity contribution is 7.98. The van der Waals surface area contributed by atoms with E-state index in [1.807, 2.05) is 23.9 Å². The summed E-state index contributed by atoms with van der Waals surface area (Å²) in [5.74, 6) is 1.95. The Morgan fingerprint density at radius 2 is 2.28 bits per heavy atom. The van der Waals surface area contributed by atoms with Crippen LogP contribution in [0.4, 0.5) is 0 Å². The van der Waals surface area contributed by atoms with Gasteiger partial charge in [-0.25, -0.2) is 0 Å². The molecule has 1 N–H and O–H groups in total. The summed E-state index contributed by atoms with van der Waals surface area (Å²) >= 11 is 7.20. The van der Waals surface area contributed by atoms with Crippen molar-refractivity contribution in [2.24, 2.45) is 0 Å². The first-order valence-electron chi connectivity index (χ1n) is 6.11. The van der Waals surface area contributed by atoms with Crippen LogP contribution in [0.25, 0.3) is 11.0 Å². The normalized spacial score (nSPS) is 11.0. The molecule has 2 rings (SSSR count). The van der Waals surface area contributed by atoms with Crippen LogP contribution in [-0.2, 0) is 6.54 Å². The number of thioether (sulfide) groups is 1. The molecule has 0 aliphatic carbocycles. The van der Waals surface area contributed by atoms with Gasteiger partial charge in [-0.2, -0.15) is 11.8 Å². The van der Waals surface area contributed by atoms with Crippen LogP contribution in [0.2, 0.25) is 0 Å². The average molecular weight is 282 g/mol. The standard InChI is InChI=1S/C13H18N2OS2/c1-3-8-16-11-6-4-5-10-12(11)14-13(17)15(10)7-9-18-2/h4-6H,3,7-9H2,1-2H3,(H,14,17). The van der Waals surface area contributed by atoms with Gasteiger partial charge in [-0.15, -0.1) is 0 Å². The molecular weight excluding hydrogens is 264 g/mol. The lowest BCUT2D eigenvalue weighted by Crippen LogP contribution is -2.00. The molecule has 0 saturated heterocycles. The summed E-state index contributed by atoms with van der Waals surface area (Å²) in [4.78, 5) is 3.26. The van der Waals surface area contributed by atoms with Crippen molar-refractivity contribution in [1.29, 1.82) is 0 Å². The van der Waals surface area contributed by atoms with Crippen molar-refractivity contribution in [1.82, 2.24) is 9.55 Å². The lowest BCUT2D eigenvalue weighted by atomic mass is 10.3. The summed E-state index contributed by atoms with van der Waals surface area (Å²) in [7, 11) is 0. The topological polar surface area (TPSA) is 29.9 Å². The fourth-order valence-electron chi connectivity index (χ4n) is 1.89. The smallest absolute Gasteiger partial charge is 0.178 e. The zero-order valence-corrected chi connectivity index (χ0v) is 12.4. The molecule has 2 aromatic rings. The Hall–Kier alpha value is -0.940. The fraction of sp³-hybridized carbons (Fsp3) is 0.462. The lowest BCUT2D eigenvalue weighted by Gasteiger charge is -2.06. The Kier molecular flexibility index (Phi) is 4.72. The third-order valence-electron chi connectivity index (χ3n) is 2.75. The number of nitrogens with zero attached hydrogens (tertiary/aromatic N) is 1. The Labute approximate surface area is 117 Å². The molecule has 3 nitrogen and oxygen atoms in total. The summed E-state index contributed by atoms with van der Waals surface area (Å²) in [5.41, 5.74) is 2.14. The monoisotopic (exact) mass is 282 g/mol. The van der Waals surface area contributed by atoms with Crippen LogP contribution in [-0.4, -0.2) is 28.2 Å². The number of para-hydroxylation sites is 1. The summed E-state index contributed by atoms with van der Waals surface area (Å²) in [6, 6.07) is 6.09. The number of ether oxygens (including phenoxy) is 1. The zero-order chi connectivity index (χ0) is 13.0. The SMILES string of the molecule is CCCOc1cccc2c1[nH]c(=S)n2CCSC. The zero-order valence-electron chi connectivity index (χ0n) is 10.7. The highest BCUT2D eigenvalue weighted by atomic mass is 32.2. The number of H-pyrrole nitrogens is 1. The number of hydrogen-bond donors (Lipinski definition) is 1. The van der Waals surface area contributed by atoms with Crippen LogP contribution in [0.5, 0.6) is 5.75 Å². The molecule has 0 atom stereocenters. The molecule has 0 unspecified atom stereocenters. The van der Waals surface area contributed by atoms with Crippen molar-refractivity contribution in [2.45, 2.75) is 19.9 Å². The van der Waals surface area contributed by atoms with Crippen molar-refractivity contribution in [3.05, 3.63) is 23.0 Å². The maximum Gasteiger partial charge on any atom is 0.178 e. The molecule has 0 aliphatic rings. The van der Waals surface area contributed by atoms with Gasteiger partial charge in [0.2, 0.25) is 0 Å². The summed E-state index contributed by atoms with van der Waals surface area (Å²) < 4.78 is 8.65. The summed E-state index contributed by atoms with van der Waals surface area (Å²) in [5, 5.41) is 0. The van der Waals surface area contributed by atoms with E-state index in [1.165, 1.54) is 0 Å². The van der Waals surface area contributed by atoms with Gasteiger partial charge < -0.3 is 14.3 Å². The van der Waals surface area contributed by atoms with Crippen LogP contribution in [0.3, 0.4) is 0 Å². The van der Waals surface area contributed by atoms with Crippen LogP contribution >= 0.6 is 24.0 Å². The van der Waals surface area contributed by atoms with Crippen LogP contribution in [0.1, 0.15) is 13.3 Å². The first kappa shape index (κ1) is 13.5. The molecule has 5 heteroatoms. The average Bonchev–Trinajstić information content (AvgIpc) is 2.70. The van der Waals surface area contributed by atoms with E-state index >= 15 is 0 Å². The maximum absolute atomic E-state index is 5.75. The highest BCUT2D eigenvalue weighted by Crippen LogP contribution is 2.25. The first-order valence-corrected chi connectivity index (χ1v) is 7.91. The molecule has 1 aromatic carbocycles. The number of hydrogen-bond acceptors (Lipinski definition) is 3. The second-order valence-corrected chi connectivity index (χ2v) is 5.45. The molecule has 1 heterocycles. The van der Waals surface area contributed by atoms with Gasteiger partial charge in [0, 0.05) is 12.3 Å². The summed E-state index contributed by atoms with van der Waals surface area (Å²) in [6.45, 7) is 3.76. The molecular formula is C13H18N2OS2. The third-order valence-corrected chi connectivity index (χ3v) is 3.67. The van der Waals surface area contributed by atoms with Crippen molar-refractivity contribution < 1.29 is 4.74 Å². The summed E-state index contributed by atoms with van der Waals surface area (Å²) in [6.07, 6.45) is 3.11. The van der Waals surface area contributed by atoms with E-state index in [0.717, 1.165) is 46.9 Å². The molecule has 1 aromatic heterocycles. The fourth-order valence-corrected chi connectivity index (χ4v) is 2.55. The number of fused-ring (bicyclic) bond motifs is 1. The Balaban J connectivity index is 2.42. The van der Waals surface area contributed by atoms with Crippen LogP contribution in [0, 0.1) is 4.77 Å². The molecule has 0 fully saturated rings. The minimum atomic E-state index is 0.732. The molecule has 0 bridgehead atoms. The van der Waals surface area contributed by atoms with Gasteiger partial charge in [0.15, 0.2) is 4.77 Å². The van der Waals surface area contributed by atoms with Crippen LogP contribution < -0.4 is 4.74 Å². The molecule has 0 saturated carbocycles. The number of aromatic nitrogens is 2. The van der Waals surface area contributed by atoms with Gasteiger partial charge in [-0.3, -0.25) is 0 Å². The van der Waals surface area contributed by atoms with Crippen molar-refractivity contribution in [2.75, 3.05) is 18.6 Å². The van der Waals surface area contributed by atoms with Crippen LogP contribution in [0.15, 0.2) is 18.2 Å². The number of aryl methyl sites for hydroxylation is 1. The molecule has 0 radical (unpaired) electrons. The maximum atomic E-state index is 5.75. The second kappa shape index (κ2) is 6.29. The molecule has 18 heavy (non-hydrogen) atoms. The highest BCUT2D eigenvalue weighted by Gasteiger charge is 2.08. The van der Waals surface area contributed by atoms with E-state index in [-0.39, 0.29) is 0 Å². The van der Waals surface area contributed by atoms with E-state index < -0.39 is 0 Å². The molecule has 98 valence electrons. The van der Waals surface area contributed by atoms with Gasteiger partial charge in [-0.1, -0.05) is 13.0 Å². The minimum absolute atomic E-state index is 0.732. The number of benzene rings is 1. The number of rotatable bonds is 6. The number of nitrogens with one attached hydrogen (secondary N) is 1. The quantitative estimate of drug-likeness (QED) is 0.816. The number of aromatic amines is 1. The lowest BCUT2D eigenvalue weighted by molar-refractivity contribution is 0.320. The second-order valence-electron chi connectivity index (χ2n) is 4.07. The van der Waals surface area contributed by atoms with Crippen molar-refractivity contribution >= 4 is 35.0 Å².